The van der Waals surface area contributed by atoms with Crippen LogP contribution in [0.2, 0.25) is 0 Å². The molecule has 2 aromatic rings. The van der Waals surface area contributed by atoms with E-state index in [-0.39, 0.29) is 11.9 Å². The second kappa shape index (κ2) is 6.49. The molecule has 0 bridgehead atoms. The van der Waals surface area contributed by atoms with E-state index in [1.807, 2.05) is 24.4 Å². The highest BCUT2D eigenvalue weighted by Crippen LogP contribution is 2.23. The SMILES string of the molecule is CC(N)CCC(=O)NCc1coc(-c2cccs2)n1. The molecular weight excluding hydrogens is 262 g/mol. The van der Waals surface area contributed by atoms with Crippen LogP contribution in [-0.4, -0.2) is 16.9 Å². The number of thiophene rings is 1. The van der Waals surface area contributed by atoms with Gasteiger partial charge < -0.3 is 15.5 Å². The van der Waals surface area contributed by atoms with Crippen LogP contribution in [0.15, 0.2) is 28.2 Å². The van der Waals surface area contributed by atoms with Gasteiger partial charge in [0.05, 0.1) is 17.1 Å². The Morgan fingerprint density at radius 3 is 3.16 bits per heavy atom. The van der Waals surface area contributed by atoms with Crippen LogP contribution in [-0.2, 0) is 11.3 Å². The molecule has 102 valence electrons. The summed E-state index contributed by atoms with van der Waals surface area (Å²) in [4.78, 5) is 16.8. The van der Waals surface area contributed by atoms with E-state index in [9.17, 15) is 4.79 Å². The van der Waals surface area contributed by atoms with Crippen molar-refractivity contribution in [3.8, 4) is 10.8 Å². The molecule has 0 aliphatic heterocycles. The smallest absolute Gasteiger partial charge is 0.236 e. The summed E-state index contributed by atoms with van der Waals surface area (Å²) in [6, 6.07) is 3.93. The number of carbonyl (C=O) groups is 1. The summed E-state index contributed by atoms with van der Waals surface area (Å²) in [5.74, 6) is 0.577. The molecule has 1 amide bonds. The molecule has 0 aromatic carbocycles. The van der Waals surface area contributed by atoms with Crippen LogP contribution in [0.1, 0.15) is 25.5 Å². The minimum absolute atomic E-state index is 0.0158. The van der Waals surface area contributed by atoms with Gasteiger partial charge in [-0.05, 0) is 24.8 Å². The number of amides is 1. The summed E-state index contributed by atoms with van der Waals surface area (Å²) in [5, 5.41) is 4.77. The number of rotatable bonds is 6. The molecule has 0 radical (unpaired) electrons. The highest BCUT2D eigenvalue weighted by Gasteiger charge is 2.09. The molecule has 0 aliphatic carbocycles. The number of nitrogens with zero attached hydrogens (tertiary/aromatic N) is 1. The quantitative estimate of drug-likeness (QED) is 0.849. The predicted molar refractivity (Wildman–Crippen MR) is 74.5 cm³/mol. The number of nitrogens with one attached hydrogen (secondary N) is 1. The van der Waals surface area contributed by atoms with Crippen molar-refractivity contribution < 1.29 is 9.21 Å². The van der Waals surface area contributed by atoms with Crippen molar-refractivity contribution in [3.05, 3.63) is 29.5 Å². The molecular formula is C13H17N3O2S. The first-order chi connectivity index (χ1) is 9.15. The Kier molecular flexibility index (Phi) is 4.70. The zero-order valence-electron chi connectivity index (χ0n) is 10.8. The first-order valence-electron chi connectivity index (χ1n) is 6.15. The molecule has 19 heavy (non-hydrogen) atoms. The summed E-state index contributed by atoms with van der Waals surface area (Å²) < 4.78 is 5.37. The lowest BCUT2D eigenvalue weighted by atomic mass is 10.2. The van der Waals surface area contributed by atoms with E-state index in [1.54, 1.807) is 17.6 Å². The number of oxazole rings is 1. The molecule has 5 nitrogen and oxygen atoms in total. The van der Waals surface area contributed by atoms with E-state index in [1.165, 1.54) is 0 Å². The first kappa shape index (κ1) is 13.8. The Labute approximate surface area is 115 Å². The Hall–Kier alpha value is -1.66. The molecule has 2 rings (SSSR count). The van der Waals surface area contributed by atoms with Gasteiger partial charge in [0.25, 0.3) is 0 Å². The van der Waals surface area contributed by atoms with Crippen molar-refractivity contribution >= 4 is 17.2 Å². The van der Waals surface area contributed by atoms with Crippen LogP contribution in [0.25, 0.3) is 10.8 Å². The molecule has 3 N–H and O–H groups in total. The van der Waals surface area contributed by atoms with Gasteiger partial charge in [-0.15, -0.1) is 11.3 Å². The molecule has 0 spiro atoms. The molecule has 6 heteroatoms. The number of hydrogen-bond donors (Lipinski definition) is 2. The summed E-state index contributed by atoms with van der Waals surface area (Å²) >= 11 is 1.57. The number of aromatic nitrogens is 1. The lowest BCUT2D eigenvalue weighted by Crippen LogP contribution is -2.25. The minimum Gasteiger partial charge on any atom is -0.443 e. The van der Waals surface area contributed by atoms with Gasteiger partial charge >= 0.3 is 0 Å². The van der Waals surface area contributed by atoms with Crippen LogP contribution < -0.4 is 11.1 Å². The Morgan fingerprint density at radius 1 is 1.63 bits per heavy atom. The minimum atomic E-state index is -0.0158. The van der Waals surface area contributed by atoms with Gasteiger partial charge in [0.2, 0.25) is 11.8 Å². The second-order valence-corrected chi connectivity index (χ2v) is 5.36. The van der Waals surface area contributed by atoms with E-state index in [0.717, 1.165) is 10.6 Å². The van der Waals surface area contributed by atoms with Crippen molar-refractivity contribution in [1.82, 2.24) is 10.3 Å². The topological polar surface area (TPSA) is 81.2 Å². The van der Waals surface area contributed by atoms with Crippen LogP contribution in [0.5, 0.6) is 0 Å². The van der Waals surface area contributed by atoms with Crippen LogP contribution in [0.4, 0.5) is 0 Å². The summed E-state index contributed by atoms with van der Waals surface area (Å²) in [5.41, 5.74) is 6.32. The van der Waals surface area contributed by atoms with Crippen LogP contribution >= 0.6 is 11.3 Å². The molecule has 2 aromatic heterocycles. The fourth-order valence-corrected chi connectivity index (χ4v) is 2.19. The standard InChI is InChI=1S/C13H17N3O2S/c1-9(14)4-5-12(17)15-7-10-8-18-13(16-10)11-3-2-6-19-11/h2-3,6,8-9H,4-5,7,14H2,1H3,(H,15,17). The highest BCUT2D eigenvalue weighted by atomic mass is 32.1. The fraction of sp³-hybridized carbons (Fsp3) is 0.385. The van der Waals surface area contributed by atoms with Gasteiger partial charge in [-0.3, -0.25) is 4.79 Å². The van der Waals surface area contributed by atoms with Gasteiger partial charge in [0, 0.05) is 12.5 Å². The van der Waals surface area contributed by atoms with E-state index >= 15 is 0 Å². The predicted octanol–water partition coefficient (Wildman–Crippen LogP) is 2.15. The van der Waals surface area contributed by atoms with E-state index in [0.29, 0.717) is 25.3 Å². The average Bonchev–Trinajstić information content (AvgIpc) is 3.03. The molecule has 0 saturated heterocycles. The Morgan fingerprint density at radius 2 is 2.47 bits per heavy atom. The van der Waals surface area contributed by atoms with E-state index in [4.69, 9.17) is 10.2 Å². The van der Waals surface area contributed by atoms with Gasteiger partial charge in [-0.25, -0.2) is 4.98 Å². The highest BCUT2D eigenvalue weighted by molar-refractivity contribution is 7.13. The lowest BCUT2D eigenvalue weighted by molar-refractivity contribution is -0.121. The maximum atomic E-state index is 11.5. The number of carbonyl (C=O) groups excluding carboxylic acids is 1. The van der Waals surface area contributed by atoms with Crippen molar-refractivity contribution in [1.29, 1.82) is 0 Å². The summed E-state index contributed by atoms with van der Waals surface area (Å²) in [6.07, 6.45) is 2.69. The van der Waals surface area contributed by atoms with Gasteiger partial charge in [-0.2, -0.15) is 0 Å². The average molecular weight is 279 g/mol. The van der Waals surface area contributed by atoms with Gasteiger partial charge in [0.1, 0.15) is 6.26 Å². The van der Waals surface area contributed by atoms with Crippen molar-refractivity contribution in [2.75, 3.05) is 0 Å². The van der Waals surface area contributed by atoms with Gasteiger partial charge in [0.15, 0.2) is 0 Å². The third kappa shape index (κ3) is 4.18. The fourth-order valence-electron chi connectivity index (χ4n) is 1.54. The summed E-state index contributed by atoms with van der Waals surface area (Å²) in [7, 11) is 0. The second-order valence-electron chi connectivity index (χ2n) is 4.41. The Bertz CT molecular complexity index is 520. The zero-order chi connectivity index (χ0) is 13.7. The van der Waals surface area contributed by atoms with Crippen molar-refractivity contribution in [2.45, 2.75) is 32.4 Å². The molecule has 1 atom stereocenters. The molecule has 0 aliphatic rings. The van der Waals surface area contributed by atoms with Gasteiger partial charge in [-0.1, -0.05) is 6.07 Å². The third-order valence-electron chi connectivity index (χ3n) is 2.58. The number of hydrogen-bond acceptors (Lipinski definition) is 5. The van der Waals surface area contributed by atoms with Crippen molar-refractivity contribution in [3.63, 3.8) is 0 Å². The van der Waals surface area contributed by atoms with Crippen LogP contribution in [0, 0.1) is 0 Å². The van der Waals surface area contributed by atoms with Crippen LogP contribution in [0.3, 0.4) is 0 Å². The third-order valence-corrected chi connectivity index (χ3v) is 3.43. The molecule has 1 unspecified atom stereocenters. The maximum Gasteiger partial charge on any atom is 0.236 e. The monoisotopic (exact) mass is 279 g/mol. The van der Waals surface area contributed by atoms with E-state index in [2.05, 4.69) is 10.3 Å². The lowest BCUT2D eigenvalue weighted by Gasteiger charge is -2.04. The first-order valence-corrected chi connectivity index (χ1v) is 7.03. The zero-order valence-corrected chi connectivity index (χ0v) is 11.6. The summed E-state index contributed by atoms with van der Waals surface area (Å²) in [6.45, 7) is 2.27. The Balaban J connectivity index is 1.82. The molecule has 2 heterocycles. The normalized spacial score (nSPS) is 12.3. The molecule has 0 fully saturated rings. The van der Waals surface area contributed by atoms with Crippen molar-refractivity contribution in [2.24, 2.45) is 5.73 Å². The maximum absolute atomic E-state index is 11.5. The van der Waals surface area contributed by atoms with E-state index < -0.39 is 0 Å². The number of nitrogens with two attached hydrogens (primary N) is 1. The molecule has 0 saturated carbocycles. The largest absolute Gasteiger partial charge is 0.443 e.